The topological polar surface area (TPSA) is 76.2 Å². The minimum Gasteiger partial charge on any atom is -0.481 e. The zero-order valence-electron chi connectivity index (χ0n) is 12.6. The Morgan fingerprint density at radius 2 is 1.85 bits per heavy atom. The molecule has 1 heterocycles. The van der Waals surface area contributed by atoms with Crippen LogP contribution in [0.3, 0.4) is 0 Å². The Hall–Kier alpha value is -1.39. The van der Waals surface area contributed by atoms with E-state index in [2.05, 4.69) is 31.0 Å². The molecule has 1 N–H and O–H groups in total. The van der Waals surface area contributed by atoms with Crippen LogP contribution in [-0.4, -0.2) is 21.3 Å². The van der Waals surface area contributed by atoms with E-state index in [1.165, 1.54) is 0 Å². The second kappa shape index (κ2) is 5.54. The van der Waals surface area contributed by atoms with Crippen molar-refractivity contribution in [3.8, 4) is 0 Å². The van der Waals surface area contributed by atoms with Gasteiger partial charge in [0.25, 0.3) is 0 Å². The normalized spacial score (nSPS) is 18.4. The first-order valence-electron chi connectivity index (χ1n) is 7.31. The number of aliphatic carboxylic acids is 1. The standard InChI is InChI=1S/C15H24N2O3/c1-14(2,3)8-11-16-17-12(20-11)9-15(10-13(18)19)6-4-5-7-15/h4-10H2,1-3H3,(H,18,19). The first-order chi connectivity index (χ1) is 9.28. The van der Waals surface area contributed by atoms with Gasteiger partial charge < -0.3 is 9.52 Å². The summed E-state index contributed by atoms with van der Waals surface area (Å²) in [6.45, 7) is 6.37. The molecule has 112 valence electrons. The average molecular weight is 280 g/mol. The maximum absolute atomic E-state index is 11.1. The number of carboxylic acid groups (broad SMARTS) is 1. The summed E-state index contributed by atoms with van der Waals surface area (Å²) in [4.78, 5) is 11.1. The molecular formula is C15H24N2O3. The summed E-state index contributed by atoms with van der Waals surface area (Å²) in [6, 6.07) is 0. The van der Waals surface area contributed by atoms with Crippen LogP contribution >= 0.6 is 0 Å². The third-order valence-electron chi connectivity index (χ3n) is 3.91. The lowest BCUT2D eigenvalue weighted by Crippen LogP contribution is -2.24. The molecule has 0 amide bonds. The lowest BCUT2D eigenvalue weighted by molar-refractivity contribution is -0.139. The Kier molecular flexibility index (Phi) is 4.16. The third-order valence-corrected chi connectivity index (χ3v) is 3.91. The summed E-state index contributed by atoms with van der Waals surface area (Å²) in [5.41, 5.74) is -0.0761. The van der Waals surface area contributed by atoms with Crippen molar-refractivity contribution in [3.63, 3.8) is 0 Å². The molecule has 0 bridgehead atoms. The van der Waals surface area contributed by atoms with Crippen LogP contribution in [-0.2, 0) is 17.6 Å². The van der Waals surface area contributed by atoms with E-state index in [1.54, 1.807) is 0 Å². The molecule has 1 aliphatic carbocycles. The predicted molar refractivity (Wildman–Crippen MR) is 74.3 cm³/mol. The molecule has 5 nitrogen and oxygen atoms in total. The van der Waals surface area contributed by atoms with Crippen molar-refractivity contribution < 1.29 is 14.3 Å². The highest BCUT2D eigenvalue weighted by molar-refractivity contribution is 5.67. The molecule has 0 radical (unpaired) electrons. The van der Waals surface area contributed by atoms with Gasteiger partial charge in [0, 0.05) is 12.8 Å². The number of rotatable bonds is 5. The van der Waals surface area contributed by atoms with Gasteiger partial charge >= 0.3 is 5.97 Å². The number of hydrogen-bond donors (Lipinski definition) is 1. The maximum Gasteiger partial charge on any atom is 0.303 e. The summed E-state index contributed by atoms with van der Waals surface area (Å²) in [7, 11) is 0. The minimum atomic E-state index is -0.735. The Morgan fingerprint density at radius 1 is 1.25 bits per heavy atom. The lowest BCUT2D eigenvalue weighted by Gasteiger charge is -2.25. The van der Waals surface area contributed by atoms with Crippen molar-refractivity contribution >= 4 is 5.97 Å². The van der Waals surface area contributed by atoms with E-state index in [-0.39, 0.29) is 17.3 Å². The Morgan fingerprint density at radius 3 is 2.40 bits per heavy atom. The van der Waals surface area contributed by atoms with Gasteiger partial charge in [-0.05, 0) is 23.7 Å². The fraction of sp³-hybridized carbons (Fsp3) is 0.800. The van der Waals surface area contributed by atoms with Crippen molar-refractivity contribution in [2.45, 2.75) is 65.7 Å². The van der Waals surface area contributed by atoms with Gasteiger partial charge in [-0.2, -0.15) is 0 Å². The number of hydrogen-bond acceptors (Lipinski definition) is 4. The molecule has 0 aliphatic heterocycles. The van der Waals surface area contributed by atoms with Gasteiger partial charge in [0.2, 0.25) is 11.8 Å². The summed E-state index contributed by atoms with van der Waals surface area (Å²) in [5, 5.41) is 17.3. The third kappa shape index (κ3) is 4.05. The summed E-state index contributed by atoms with van der Waals surface area (Å²) in [6.07, 6.45) is 5.60. The molecule has 0 aromatic carbocycles. The van der Waals surface area contributed by atoms with E-state index < -0.39 is 5.97 Å². The average Bonchev–Trinajstić information content (AvgIpc) is 2.86. The van der Waals surface area contributed by atoms with E-state index in [4.69, 9.17) is 9.52 Å². The van der Waals surface area contributed by atoms with Gasteiger partial charge in [-0.25, -0.2) is 0 Å². The second-order valence-corrected chi connectivity index (χ2v) is 7.28. The Bertz CT molecular complexity index is 468. The van der Waals surface area contributed by atoms with Gasteiger partial charge in [0.15, 0.2) is 0 Å². The van der Waals surface area contributed by atoms with Crippen molar-refractivity contribution in [2.75, 3.05) is 0 Å². The first-order valence-corrected chi connectivity index (χ1v) is 7.31. The van der Waals surface area contributed by atoms with E-state index in [1.807, 2.05) is 0 Å². The molecule has 1 aromatic rings. The molecule has 1 saturated carbocycles. The minimum absolute atomic E-state index is 0.107. The predicted octanol–water partition coefficient (Wildman–Crippen LogP) is 3.24. The fourth-order valence-electron chi connectivity index (χ4n) is 3.07. The second-order valence-electron chi connectivity index (χ2n) is 7.28. The van der Waals surface area contributed by atoms with Crippen LogP contribution in [0.5, 0.6) is 0 Å². The van der Waals surface area contributed by atoms with Crippen LogP contribution in [0.2, 0.25) is 0 Å². The number of carboxylic acids is 1. The van der Waals surface area contributed by atoms with Crippen molar-refractivity contribution in [1.29, 1.82) is 0 Å². The van der Waals surface area contributed by atoms with Crippen molar-refractivity contribution in [3.05, 3.63) is 11.8 Å². The van der Waals surface area contributed by atoms with E-state index in [0.717, 1.165) is 32.1 Å². The van der Waals surface area contributed by atoms with Crippen LogP contribution < -0.4 is 0 Å². The monoisotopic (exact) mass is 280 g/mol. The van der Waals surface area contributed by atoms with Gasteiger partial charge in [-0.3, -0.25) is 4.79 Å². The quantitative estimate of drug-likeness (QED) is 0.896. The SMILES string of the molecule is CC(C)(C)Cc1nnc(CC2(CC(=O)O)CCCC2)o1. The van der Waals surface area contributed by atoms with Crippen molar-refractivity contribution in [2.24, 2.45) is 10.8 Å². The summed E-state index contributed by atoms with van der Waals surface area (Å²) >= 11 is 0. The molecule has 0 spiro atoms. The van der Waals surface area contributed by atoms with Gasteiger partial charge in [0.05, 0.1) is 6.42 Å². The van der Waals surface area contributed by atoms with Crippen molar-refractivity contribution in [1.82, 2.24) is 10.2 Å². The molecule has 0 unspecified atom stereocenters. The van der Waals surface area contributed by atoms with Gasteiger partial charge in [0.1, 0.15) is 0 Å². The number of aromatic nitrogens is 2. The van der Waals surface area contributed by atoms with E-state index >= 15 is 0 Å². The molecule has 1 aliphatic rings. The molecule has 2 rings (SSSR count). The highest BCUT2D eigenvalue weighted by Gasteiger charge is 2.37. The van der Waals surface area contributed by atoms with Crippen LogP contribution in [0.4, 0.5) is 0 Å². The Labute approximate surface area is 119 Å². The number of nitrogens with zero attached hydrogens (tertiary/aromatic N) is 2. The van der Waals surface area contributed by atoms with Crippen LogP contribution in [0.15, 0.2) is 4.42 Å². The molecular weight excluding hydrogens is 256 g/mol. The molecule has 5 heteroatoms. The van der Waals surface area contributed by atoms with Crippen LogP contribution in [0.25, 0.3) is 0 Å². The Balaban J connectivity index is 2.06. The molecule has 1 fully saturated rings. The van der Waals surface area contributed by atoms with Crippen LogP contribution in [0.1, 0.15) is 64.7 Å². The fourth-order valence-corrected chi connectivity index (χ4v) is 3.07. The lowest BCUT2D eigenvalue weighted by atomic mass is 9.79. The molecule has 20 heavy (non-hydrogen) atoms. The molecule has 0 atom stereocenters. The molecule has 1 aromatic heterocycles. The van der Waals surface area contributed by atoms with E-state index in [9.17, 15) is 4.79 Å². The highest BCUT2D eigenvalue weighted by Crippen LogP contribution is 2.43. The smallest absolute Gasteiger partial charge is 0.303 e. The van der Waals surface area contributed by atoms with Gasteiger partial charge in [-0.1, -0.05) is 33.6 Å². The first kappa shape index (κ1) is 15.0. The zero-order chi connectivity index (χ0) is 14.8. The van der Waals surface area contributed by atoms with Crippen LogP contribution in [0, 0.1) is 10.8 Å². The zero-order valence-corrected chi connectivity index (χ0v) is 12.6. The number of carbonyl (C=O) groups is 1. The van der Waals surface area contributed by atoms with Gasteiger partial charge in [-0.15, -0.1) is 10.2 Å². The largest absolute Gasteiger partial charge is 0.481 e. The van der Waals surface area contributed by atoms with E-state index in [0.29, 0.717) is 18.2 Å². The summed E-state index contributed by atoms with van der Waals surface area (Å²) < 4.78 is 5.71. The molecule has 0 saturated heterocycles. The maximum atomic E-state index is 11.1. The summed E-state index contributed by atoms with van der Waals surface area (Å²) in [5.74, 6) is 0.504. The highest BCUT2D eigenvalue weighted by atomic mass is 16.4.